The van der Waals surface area contributed by atoms with Crippen LogP contribution in [0.2, 0.25) is 0 Å². The molecular formula is C25H25N5. The Hall–Kier alpha value is -3.57. The molecule has 5 nitrogen and oxygen atoms in total. The number of hydrogen-bond donors (Lipinski definition) is 1. The predicted molar refractivity (Wildman–Crippen MR) is 120 cm³/mol. The molecule has 0 spiro atoms. The number of nitrogen functional groups attached to an aromatic ring is 1. The molecule has 0 aliphatic heterocycles. The Balaban J connectivity index is 1.43. The van der Waals surface area contributed by atoms with E-state index in [1.807, 2.05) is 49.1 Å². The Labute approximate surface area is 177 Å². The predicted octanol–water partition coefficient (Wildman–Crippen LogP) is 4.37. The Morgan fingerprint density at radius 3 is 1.93 bits per heavy atom. The topological polar surface area (TPSA) is 67.9 Å². The number of nitrogens with two attached hydrogens (primary N) is 1. The fourth-order valence-electron chi connectivity index (χ4n) is 3.46. The molecule has 0 fully saturated rings. The molecule has 0 bridgehead atoms. The summed E-state index contributed by atoms with van der Waals surface area (Å²) in [7, 11) is 0. The second-order valence-corrected chi connectivity index (χ2v) is 7.33. The minimum absolute atomic E-state index is 0.540. The van der Waals surface area contributed by atoms with Crippen LogP contribution < -0.4 is 5.73 Å². The first-order valence-electron chi connectivity index (χ1n) is 10.1. The standard InChI is InChI=1S/C25H25N5/c26-25-7-1-6-24(29-25)23-10-8-20(9-11-23)12-15-30(18-21-4-2-13-27-16-21)19-22-5-3-14-28-17-22/h1-11,13-14,16-17H,12,15,18-19H2,(H2,26,29). The summed E-state index contributed by atoms with van der Waals surface area (Å²) >= 11 is 0. The maximum Gasteiger partial charge on any atom is 0.124 e. The molecule has 150 valence electrons. The van der Waals surface area contributed by atoms with Crippen molar-refractivity contribution in [2.75, 3.05) is 12.3 Å². The quantitative estimate of drug-likeness (QED) is 0.480. The van der Waals surface area contributed by atoms with Crippen LogP contribution in [-0.4, -0.2) is 26.4 Å². The molecule has 0 radical (unpaired) electrons. The lowest BCUT2D eigenvalue weighted by molar-refractivity contribution is 0.259. The zero-order valence-corrected chi connectivity index (χ0v) is 16.9. The van der Waals surface area contributed by atoms with Crippen LogP contribution in [0.3, 0.4) is 0 Å². The third-order valence-electron chi connectivity index (χ3n) is 4.99. The summed E-state index contributed by atoms with van der Waals surface area (Å²) in [5.41, 5.74) is 11.5. The minimum Gasteiger partial charge on any atom is -0.384 e. The third kappa shape index (κ3) is 5.49. The first-order chi connectivity index (χ1) is 14.8. The average Bonchev–Trinajstić information content (AvgIpc) is 2.79. The Bertz CT molecular complexity index is 1010. The Morgan fingerprint density at radius 1 is 0.700 bits per heavy atom. The van der Waals surface area contributed by atoms with Crippen LogP contribution in [0.5, 0.6) is 0 Å². The van der Waals surface area contributed by atoms with Gasteiger partial charge in [-0.2, -0.15) is 0 Å². The second-order valence-electron chi connectivity index (χ2n) is 7.33. The zero-order chi connectivity index (χ0) is 20.6. The molecule has 4 aromatic rings. The van der Waals surface area contributed by atoms with Crippen molar-refractivity contribution in [2.24, 2.45) is 0 Å². The smallest absolute Gasteiger partial charge is 0.124 e. The van der Waals surface area contributed by atoms with E-state index in [4.69, 9.17) is 5.73 Å². The monoisotopic (exact) mass is 395 g/mol. The molecule has 0 unspecified atom stereocenters. The van der Waals surface area contributed by atoms with Crippen LogP contribution in [0.1, 0.15) is 16.7 Å². The van der Waals surface area contributed by atoms with Crippen molar-refractivity contribution in [1.29, 1.82) is 0 Å². The normalized spacial score (nSPS) is 11.0. The van der Waals surface area contributed by atoms with Crippen molar-refractivity contribution < 1.29 is 0 Å². The zero-order valence-electron chi connectivity index (χ0n) is 16.9. The number of benzene rings is 1. The van der Waals surface area contributed by atoms with Gasteiger partial charge in [0.25, 0.3) is 0 Å². The molecule has 0 saturated heterocycles. The summed E-state index contributed by atoms with van der Waals surface area (Å²) < 4.78 is 0. The summed E-state index contributed by atoms with van der Waals surface area (Å²) in [6, 6.07) is 22.5. The van der Waals surface area contributed by atoms with Crippen molar-refractivity contribution in [3.63, 3.8) is 0 Å². The average molecular weight is 396 g/mol. The van der Waals surface area contributed by atoms with Gasteiger partial charge in [0.1, 0.15) is 5.82 Å². The molecule has 30 heavy (non-hydrogen) atoms. The minimum atomic E-state index is 0.540. The van der Waals surface area contributed by atoms with Gasteiger partial charge in [-0.3, -0.25) is 14.9 Å². The molecule has 4 rings (SSSR count). The summed E-state index contributed by atoms with van der Waals surface area (Å²) in [4.78, 5) is 15.3. The van der Waals surface area contributed by atoms with Gasteiger partial charge in [-0.15, -0.1) is 0 Å². The van der Waals surface area contributed by atoms with Gasteiger partial charge in [0.05, 0.1) is 5.69 Å². The van der Waals surface area contributed by atoms with Gasteiger partial charge in [-0.25, -0.2) is 4.98 Å². The first kappa shape index (κ1) is 19.7. The van der Waals surface area contributed by atoms with Gasteiger partial charge < -0.3 is 5.73 Å². The summed E-state index contributed by atoms with van der Waals surface area (Å²) in [5.74, 6) is 0.540. The van der Waals surface area contributed by atoms with Crippen molar-refractivity contribution in [3.05, 3.63) is 108 Å². The number of nitrogens with zero attached hydrogens (tertiary/aromatic N) is 4. The molecule has 0 saturated carbocycles. The summed E-state index contributed by atoms with van der Waals surface area (Å²) in [6.45, 7) is 2.65. The highest BCUT2D eigenvalue weighted by Crippen LogP contribution is 2.19. The van der Waals surface area contributed by atoms with Gasteiger partial charge in [0.2, 0.25) is 0 Å². The first-order valence-corrected chi connectivity index (χ1v) is 10.1. The van der Waals surface area contributed by atoms with E-state index in [-0.39, 0.29) is 0 Å². The lowest BCUT2D eigenvalue weighted by atomic mass is 10.1. The van der Waals surface area contributed by atoms with Crippen LogP contribution in [0.15, 0.2) is 91.5 Å². The van der Waals surface area contributed by atoms with Crippen LogP contribution in [-0.2, 0) is 19.5 Å². The molecule has 0 amide bonds. The number of hydrogen-bond acceptors (Lipinski definition) is 5. The van der Waals surface area contributed by atoms with E-state index in [9.17, 15) is 0 Å². The maximum absolute atomic E-state index is 5.81. The van der Waals surface area contributed by atoms with Crippen molar-refractivity contribution in [2.45, 2.75) is 19.5 Å². The highest BCUT2D eigenvalue weighted by Gasteiger charge is 2.09. The van der Waals surface area contributed by atoms with Crippen LogP contribution >= 0.6 is 0 Å². The van der Waals surface area contributed by atoms with E-state index in [1.54, 1.807) is 6.07 Å². The van der Waals surface area contributed by atoms with Gasteiger partial charge in [0.15, 0.2) is 0 Å². The van der Waals surface area contributed by atoms with E-state index in [0.29, 0.717) is 5.82 Å². The molecule has 0 aliphatic carbocycles. The maximum atomic E-state index is 5.81. The van der Waals surface area contributed by atoms with Crippen LogP contribution in [0.25, 0.3) is 11.3 Å². The molecular weight excluding hydrogens is 370 g/mol. The fraction of sp³-hybridized carbons (Fsp3) is 0.160. The molecule has 5 heteroatoms. The molecule has 3 heterocycles. The van der Waals surface area contributed by atoms with Crippen molar-refractivity contribution in [3.8, 4) is 11.3 Å². The number of aromatic nitrogens is 3. The lowest BCUT2D eigenvalue weighted by Crippen LogP contribution is -2.25. The van der Waals surface area contributed by atoms with Crippen molar-refractivity contribution >= 4 is 5.82 Å². The van der Waals surface area contributed by atoms with Gasteiger partial charge >= 0.3 is 0 Å². The lowest BCUT2D eigenvalue weighted by Gasteiger charge is -2.22. The molecule has 2 N–H and O–H groups in total. The van der Waals surface area contributed by atoms with E-state index in [2.05, 4.69) is 56.3 Å². The number of pyridine rings is 3. The SMILES string of the molecule is Nc1cccc(-c2ccc(CCN(Cc3cccnc3)Cc3cccnc3)cc2)n1. The van der Waals surface area contributed by atoms with E-state index < -0.39 is 0 Å². The second kappa shape index (κ2) is 9.76. The Kier molecular flexibility index (Phi) is 6.42. The highest BCUT2D eigenvalue weighted by molar-refractivity contribution is 5.61. The molecule has 0 aliphatic rings. The third-order valence-corrected chi connectivity index (χ3v) is 4.99. The Morgan fingerprint density at radius 2 is 1.37 bits per heavy atom. The van der Waals surface area contributed by atoms with Crippen LogP contribution in [0.4, 0.5) is 5.82 Å². The molecule has 1 aromatic carbocycles. The van der Waals surface area contributed by atoms with Crippen molar-refractivity contribution in [1.82, 2.24) is 19.9 Å². The van der Waals surface area contributed by atoms with E-state index >= 15 is 0 Å². The molecule has 3 aromatic heterocycles. The summed E-state index contributed by atoms with van der Waals surface area (Å²) in [6.07, 6.45) is 8.45. The highest BCUT2D eigenvalue weighted by atomic mass is 15.1. The van der Waals surface area contributed by atoms with Crippen LogP contribution in [0, 0.1) is 0 Å². The van der Waals surface area contributed by atoms with Gasteiger partial charge in [-0.05, 0) is 47.4 Å². The van der Waals surface area contributed by atoms with E-state index in [0.717, 1.165) is 37.3 Å². The van der Waals surface area contributed by atoms with Gasteiger partial charge in [-0.1, -0.05) is 42.5 Å². The largest absolute Gasteiger partial charge is 0.384 e. The number of rotatable bonds is 8. The summed E-state index contributed by atoms with van der Waals surface area (Å²) in [5, 5.41) is 0. The molecule has 0 atom stereocenters. The van der Waals surface area contributed by atoms with Gasteiger partial charge in [0, 0.05) is 50.0 Å². The fourth-order valence-corrected chi connectivity index (χ4v) is 3.46. The van der Waals surface area contributed by atoms with E-state index in [1.165, 1.54) is 16.7 Å². The number of anilines is 1.